The predicted molar refractivity (Wildman–Crippen MR) is 61.5 cm³/mol. The van der Waals surface area contributed by atoms with E-state index >= 15 is 0 Å². The molecule has 82 valence electrons. The second-order valence-electron chi connectivity index (χ2n) is 4.91. The van der Waals surface area contributed by atoms with Crippen molar-refractivity contribution in [2.24, 2.45) is 10.9 Å². The van der Waals surface area contributed by atoms with Gasteiger partial charge in [-0.2, -0.15) is 0 Å². The molecule has 15 heavy (non-hydrogen) atoms. The minimum absolute atomic E-state index is 0.0622. The second-order valence-corrected chi connectivity index (χ2v) is 4.91. The Kier molecular flexibility index (Phi) is 3.50. The summed E-state index contributed by atoms with van der Waals surface area (Å²) in [5, 5.41) is 8.06. The van der Waals surface area contributed by atoms with Crippen molar-refractivity contribution < 1.29 is 0 Å². The summed E-state index contributed by atoms with van der Waals surface area (Å²) in [5.41, 5.74) is -0.0622. The third kappa shape index (κ3) is 3.73. The molecule has 1 aromatic rings. The van der Waals surface area contributed by atoms with E-state index in [1.807, 2.05) is 6.21 Å². The molecule has 0 saturated heterocycles. The lowest BCUT2D eigenvalue weighted by atomic mass is 9.96. The summed E-state index contributed by atoms with van der Waals surface area (Å²) in [6, 6.07) is 0. The van der Waals surface area contributed by atoms with E-state index in [2.05, 4.69) is 54.8 Å². The zero-order chi connectivity index (χ0) is 11.5. The number of rotatable bonds is 2. The molecule has 0 N–H and O–H groups in total. The number of hydrogen-bond acceptors (Lipinski definition) is 4. The normalized spacial score (nSPS) is 12.7. The highest BCUT2D eigenvalue weighted by molar-refractivity contribution is 5.63. The molecule has 1 heterocycles. The van der Waals surface area contributed by atoms with Gasteiger partial charge in [-0.3, -0.25) is 0 Å². The van der Waals surface area contributed by atoms with E-state index in [9.17, 15) is 0 Å². The van der Waals surface area contributed by atoms with Crippen LogP contribution in [0.1, 0.15) is 40.4 Å². The Morgan fingerprint density at radius 1 is 1.27 bits per heavy atom. The molecule has 4 nitrogen and oxygen atoms in total. The van der Waals surface area contributed by atoms with Gasteiger partial charge in [0.05, 0.1) is 6.20 Å². The molecule has 0 aliphatic heterocycles. The van der Waals surface area contributed by atoms with Crippen LogP contribution in [-0.2, 0) is 5.41 Å². The van der Waals surface area contributed by atoms with E-state index in [0.717, 1.165) is 5.82 Å². The van der Waals surface area contributed by atoms with E-state index in [1.165, 1.54) is 0 Å². The Morgan fingerprint density at radius 3 is 2.33 bits per heavy atom. The van der Waals surface area contributed by atoms with Crippen molar-refractivity contribution >= 4 is 12.0 Å². The van der Waals surface area contributed by atoms with Gasteiger partial charge in [0, 0.05) is 11.6 Å². The van der Waals surface area contributed by atoms with Crippen molar-refractivity contribution in [1.82, 2.24) is 15.2 Å². The van der Waals surface area contributed by atoms with E-state index < -0.39 is 0 Å². The molecule has 0 unspecified atom stereocenters. The first kappa shape index (κ1) is 11.8. The molecular weight excluding hydrogens is 188 g/mol. The molecule has 0 aromatic carbocycles. The lowest BCUT2D eigenvalue weighted by Crippen LogP contribution is -2.16. The first-order valence-corrected chi connectivity index (χ1v) is 5.14. The Hall–Kier alpha value is -1.32. The van der Waals surface area contributed by atoms with E-state index in [1.54, 1.807) is 6.20 Å². The Bertz CT molecular complexity index is 333. The topological polar surface area (TPSA) is 51.0 Å². The molecule has 4 heteroatoms. The van der Waals surface area contributed by atoms with Crippen LogP contribution >= 0.6 is 0 Å². The highest BCUT2D eigenvalue weighted by atomic mass is 15.2. The van der Waals surface area contributed by atoms with Gasteiger partial charge < -0.3 is 0 Å². The van der Waals surface area contributed by atoms with Crippen LogP contribution in [0.3, 0.4) is 0 Å². The SMILES string of the molecule is CC(C)C=Nc1cnc(C(C)(C)C)nn1. The van der Waals surface area contributed by atoms with Gasteiger partial charge in [-0.05, 0) is 5.92 Å². The molecule has 0 radical (unpaired) electrons. The van der Waals surface area contributed by atoms with Crippen LogP contribution in [0.2, 0.25) is 0 Å². The molecule has 0 aliphatic carbocycles. The van der Waals surface area contributed by atoms with Crippen LogP contribution in [-0.4, -0.2) is 21.4 Å². The standard InChI is InChI=1S/C11H18N4/c1-8(2)6-12-9-7-13-10(15-14-9)11(3,4)5/h6-8H,1-5H3. The van der Waals surface area contributed by atoms with E-state index in [4.69, 9.17) is 0 Å². The molecule has 1 aromatic heterocycles. The quantitative estimate of drug-likeness (QED) is 0.699. The summed E-state index contributed by atoms with van der Waals surface area (Å²) in [4.78, 5) is 8.41. The van der Waals surface area contributed by atoms with Crippen LogP contribution in [0.15, 0.2) is 11.2 Å². The Morgan fingerprint density at radius 2 is 1.93 bits per heavy atom. The monoisotopic (exact) mass is 206 g/mol. The van der Waals surface area contributed by atoms with Crippen molar-refractivity contribution in [1.29, 1.82) is 0 Å². The Labute approximate surface area is 90.9 Å². The molecule has 0 fully saturated rings. The predicted octanol–water partition coefficient (Wildman–Crippen LogP) is 2.53. The first-order chi connectivity index (χ1) is 6.89. The van der Waals surface area contributed by atoms with Crippen molar-refractivity contribution in [2.75, 3.05) is 0 Å². The van der Waals surface area contributed by atoms with Gasteiger partial charge in [0.15, 0.2) is 11.6 Å². The number of nitrogens with zero attached hydrogens (tertiary/aromatic N) is 4. The van der Waals surface area contributed by atoms with Gasteiger partial charge in [0.2, 0.25) is 0 Å². The fourth-order valence-corrected chi connectivity index (χ4v) is 0.897. The maximum Gasteiger partial charge on any atom is 0.192 e. The first-order valence-electron chi connectivity index (χ1n) is 5.14. The average Bonchev–Trinajstić information content (AvgIpc) is 2.14. The van der Waals surface area contributed by atoms with Gasteiger partial charge in [0.25, 0.3) is 0 Å². The van der Waals surface area contributed by atoms with Crippen molar-refractivity contribution in [2.45, 2.75) is 40.0 Å². The highest BCUT2D eigenvalue weighted by Crippen LogP contribution is 2.17. The summed E-state index contributed by atoms with van der Waals surface area (Å²) in [6.07, 6.45) is 3.49. The lowest BCUT2D eigenvalue weighted by molar-refractivity contribution is 0.533. The minimum atomic E-state index is -0.0622. The maximum absolute atomic E-state index is 4.24. The van der Waals surface area contributed by atoms with Crippen molar-refractivity contribution in [3.63, 3.8) is 0 Å². The van der Waals surface area contributed by atoms with Crippen LogP contribution in [0.4, 0.5) is 5.82 Å². The van der Waals surface area contributed by atoms with Gasteiger partial charge in [-0.15, -0.1) is 10.2 Å². The molecular formula is C11H18N4. The zero-order valence-corrected chi connectivity index (χ0v) is 10.0. The van der Waals surface area contributed by atoms with Gasteiger partial charge in [0.1, 0.15) is 0 Å². The van der Waals surface area contributed by atoms with Crippen LogP contribution in [0.25, 0.3) is 0 Å². The maximum atomic E-state index is 4.24. The Balaban J connectivity index is 2.82. The van der Waals surface area contributed by atoms with Crippen LogP contribution < -0.4 is 0 Å². The van der Waals surface area contributed by atoms with Crippen LogP contribution in [0, 0.1) is 5.92 Å². The van der Waals surface area contributed by atoms with Gasteiger partial charge in [-0.25, -0.2) is 9.98 Å². The third-order valence-electron chi connectivity index (χ3n) is 1.73. The molecule has 0 atom stereocenters. The smallest absolute Gasteiger partial charge is 0.192 e. The van der Waals surface area contributed by atoms with Gasteiger partial charge >= 0.3 is 0 Å². The van der Waals surface area contributed by atoms with Crippen molar-refractivity contribution in [3.05, 3.63) is 12.0 Å². The highest BCUT2D eigenvalue weighted by Gasteiger charge is 2.17. The van der Waals surface area contributed by atoms with E-state index in [-0.39, 0.29) is 5.41 Å². The number of hydrogen-bond donors (Lipinski definition) is 0. The van der Waals surface area contributed by atoms with E-state index in [0.29, 0.717) is 11.7 Å². The fourth-order valence-electron chi connectivity index (χ4n) is 0.897. The summed E-state index contributed by atoms with van der Waals surface area (Å²) in [5.74, 6) is 1.72. The second kappa shape index (κ2) is 4.47. The molecule has 1 rings (SSSR count). The van der Waals surface area contributed by atoms with Crippen LogP contribution in [0.5, 0.6) is 0 Å². The third-order valence-corrected chi connectivity index (χ3v) is 1.73. The van der Waals surface area contributed by atoms with Gasteiger partial charge in [-0.1, -0.05) is 34.6 Å². The number of aliphatic imine (C=N–C) groups is 1. The molecule has 0 bridgehead atoms. The summed E-state index contributed by atoms with van der Waals surface area (Å²) >= 11 is 0. The lowest BCUT2D eigenvalue weighted by Gasteiger charge is -2.14. The minimum Gasteiger partial charge on any atom is -0.238 e. The molecule has 0 amide bonds. The van der Waals surface area contributed by atoms with Crippen molar-refractivity contribution in [3.8, 4) is 0 Å². The summed E-state index contributed by atoms with van der Waals surface area (Å²) in [7, 11) is 0. The summed E-state index contributed by atoms with van der Waals surface area (Å²) < 4.78 is 0. The molecule has 0 aliphatic rings. The summed E-state index contributed by atoms with van der Waals surface area (Å²) in [6.45, 7) is 10.3. The largest absolute Gasteiger partial charge is 0.238 e. The average molecular weight is 206 g/mol. The number of aromatic nitrogens is 3. The molecule has 0 saturated carbocycles. The molecule has 0 spiro atoms. The zero-order valence-electron chi connectivity index (χ0n) is 10.0. The fraction of sp³-hybridized carbons (Fsp3) is 0.636.